The monoisotopic (exact) mass is 488 g/mol. The van der Waals surface area contributed by atoms with Crippen molar-refractivity contribution in [3.8, 4) is 11.3 Å². The molecular formula is C29H40N6O. The molecule has 0 amide bonds. The lowest BCUT2D eigenvalue weighted by Crippen LogP contribution is -2.52. The zero-order chi connectivity index (χ0) is 25.6. The predicted molar refractivity (Wildman–Crippen MR) is 147 cm³/mol. The Bertz CT molecular complexity index is 1340. The molecule has 1 aliphatic carbocycles. The maximum atomic E-state index is 5.41. The first-order valence-corrected chi connectivity index (χ1v) is 13.3. The van der Waals surface area contributed by atoms with Gasteiger partial charge in [0.05, 0.1) is 36.0 Å². The molecule has 1 saturated heterocycles. The van der Waals surface area contributed by atoms with Crippen molar-refractivity contribution < 1.29 is 4.74 Å². The Hall–Kier alpha value is -2.77. The summed E-state index contributed by atoms with van der Waals surface area (Å²) in [5, 5.41) is 4.20. The molecule has 7 nitrogen and oxygen atoms in total. The minimum Gasteiger partial charge on any atom is -0.378 e. The number of nitrogens with zero attached hydrogens (tertiary/aromatic N) is 5. The fraction of sp³-hybridized carbons (Fsp3) is 0.552. The van der Waals surface area contributed by atoms with Gasteiger partial charge >= 0.3 is 0 Å². The van der Waals surface area contributed by atoms with E-state index in [9.17, 15) is 0 Å². The molecule has 3 aromatic rings. The molecule has 2 fully saturated rings. The summed E-state index contributed by atoms with van der Waals surface area (Å²) in [7, 11) is 4.07. The lowest BCUT2D eigenvalue weighted by Gasteiger charge is -2.42. The minimum absolute atomic E-state index is 0.325. The summed E-state index contributed by atoms with van der Waals surface area (Å²) in [4.78, 5) is 16.0. The van der Waals surface area contributed by atoms with Crippen LogP contribution < -0.4 is 5.49 Å². The third-order valence-corrected chi connectivity index (χ3v) is 8.57. The van der Waals surface area contributed by atoms with E-state index in [4.69, 9.17) is 9.72 Å². The fourth-order valence-corrected chi connectivity index (χ4v) is 6.09. The number of nitrogens with one attached hydrogen (secondary N) is 1. The minimum atomic E-state index is 0.325. The van der Waals surface area contributed by atoms with E-state index in [0.717, 1.165) is 46.6 Å². The van der Waals surface area contributed by atoms with Crippen LogP contribution in [0.3, 0.4) is 0 Å². The first kappa shape index (κ1) is 24.9. The third kappa shape index (κ3) is 4.22. The molecule has 3 aromatic heterocycles. The molecular weight excluding hydrogens is 448 g/mol. The second kappa shape index (κ2) is 9.94. The average molecular weight is 489 g/mol. The number of hydrogen-bond acceptors (Lipinski definition) is 5. The highest BCUT2D eigenvalue weighted by atomic mass is 16.5. The van der Waals surface area contributed by atoms with Crippen molar-refractivity contribution in [2.24, 2.45) is 10.1 Å². The molecule has 2 aliphatic rings. The Morgan fingerprint density at radius 1 is 1.11 bits per heavy atom. The summed E-state index contributed by atoms with van der Waals surface area (Å²) in [5.74, 6) is 0.850. The second-order valence-electron chi connectivity index (χ2n) is 10.9. The zero-order valence-electron chi connectivity index (χ0n) is 22.6. The molecule has 0 bridgehead atoms. The highest BCUT2D eigenvalue weighted by Gasteiger charge is 2.32. The number of aromatic nitrogens is 3. The van der Waals surface area contributed by atoms with Gasteiger partial charge in [0, 0.05) is 48.7 Å². The Labute approximate surface area is 214 Å². The molecule has 0 aromatic carbocycles. The van der Waals surface area contributed by atoms with Crippen LogP contribution >= 0.6 is 0 Å². The van der Waals surface area contributed by atoms with Crippen molar-refractivity contribution in [2.75, 3.05) is 27.3 Å². The first-order valence-electron chi connectivity index (χ1n) is 13.3. The summed E-state index contributed by atoms with van der Waals surface area (Å²) in [5.41, 5.74) is 10.1. The van der Waals surface area contributed by atoms with Crippen LogP contribution in [0.5, 0.6) is 0 Å². The largest absolute Gasteiger partial charge is 0.378 e. The van der Waals surface area contributed by atoms with Gasteiger partial charge in [0.25, 0.3) is 0 Å². The van der Waals surface area contributed by atoms with Gasteiger partial charge in [-0.25, -0.2) is 4.68 Å². The lowest BCUT2D eigenvalue weighted by molar-refractivity contribution is -0.0739. The molecule has 1 saturated carbocycles. The lowest BCUT2D eigenvalue weighted by atomic mass is 9.82. The molecule has 36 heavy (non-hydrogen) atoms. The van der Waals surface area contributed by atoms with Gasteiger partial charge in [0.1, 0.15) is 0 Å². The van der Waals surface area contributed by atoms with E-state index in [2.05, 4.69) is 73.6 Å². The summed E-state index contributed by atoms with van der Waals surface area (Å²) >= 11 is 0. The van der Waals surface area contributed by atoms with Gasteiger partial charge in [-0.05, 0) is 75.8 Å². The first-order chi connectivity index (χ1) is 17.3. The Kier molecular flexibility index (Phi) is 6.88. The summed E-state index contributed by atoms with van der Waals surface area (Å²) in [6.07, 6.45) is 6.89. The fourth-order valence-electron chi connectivity index (χ4n) is 6.09. The standard InChI is InChI=1S/C29H40N6O/c1-17(2)26-27(23-14-35(31-6)29(30-5)19(4)18(23)3)33-25-13-12-24(32-28(25)26)20-8-10-21(11-9-20)34(7)22-15-36-16-22/h12-14,17,20-22,33H,6,8-11,15-16H2,1-5,7H3/b30-29-. The van der Waals surface area contributed by atoms with E-state index in [1.807, 2.05) is 6.20 Å². The summed E-state index contributed by atoms with van der Waals surface area (Å²) < 4.78 is 7.19. The van der Waals surface area contributed by atoms with Crippen LogP contribution in [0.25, 0.3) is 22.3 Å². The highest BCUT2D eigenvalue weighted by molar-refractivity contribution is 5.89. The predicted octanol–water partition coefficient (Wildman–Crippen LogP) is 5.12. The number of pyridine rings is 2. The molecule has 1 aliphatic heterocycles. The average Bonchev–Trinajstić information content (AvgIpc) is 3.23. The van der Waals surface area contributed by atoms with Crippen molar-refractivity contribution in [1.82, 2.24) is 19.5 Å². The highest BCUT2D eigenvalue weighted by Crippen LogP contribution is 2.39. The van der Waals surface area contributed by atoms with Gasteiger partial charge in [-0.2, -0.15) is 5.10 Å². The van der Waals surface area contributed by atoms with Crippen molar-refractivity contribution in [2.45, 2.75) is 77.3 Å². The van der Waals surface area contributed by atoms with Crippen LogP contribution in [-0.4, -0.2) is 65.7 Å². The van der Waals surface area contributed by atoms with Crippen molar-refractivity contribution in [3.05, 3.63) is 46.2 Å². The smallest absolute Gasteiger partial charge is 0.151 e. The van der Waals surface area contributed by atoms with Crippen molar-refractivity contribution in [3.63, 3.8) is 0 Å². The third-order valence-electron chi connectivity index (χ3n) is 8.57. The maximum absolute atomic E-state index is 5.41. The number of likely N-dealkylation sites (N-methyl/N-ethyl adjacent to an activating group) is 1. The van der Waals surface area contributed by atoms with E-state index in [0.29, 0.717) is 23.9 Å². The summed E-state index contributed by atoms with van der Waals surface area (Å²) in [6.45, 7) is 14.3. The SMILES string of the molecule is C=Nn1cc(-c2[nH]c3ccc(C4CCC(N(C)C5COC5)CC4)nc3c2C(C)C)c(C)c(C)/c1=N/C. The molecule has 1 N–H and O–H groups in total. The number of rotatable bonds is 6. The van der Waals surface area contributed by atoms with Crippen LogP contribution in [0.15, 0.2) is 28.4 Å². The van der Waals surface area contributed by atoms with Crippen molar-refractivity contribution in [1.29, 1.82) is 0 Å². The van der Waals surface area contributed by atoms with Gasteiger partial charge in [-0.15, -0.1) is 0 Å². The summed E-state index contributed by atoms with van der Waals surface area (Å²) in [6, 6.07) is 5.74. The van der Waals surface area contributed by atoms with Gasteiger partial charge < -0.3 is 9.72 Å². The quantitative estimate of drug-likeness (QED) is 0.490. The van der Waals surface area contributed by atoms with Crippen LogP contribution in [0, 0.1) is 13.8 Å². The molecule has 5 rings (SSSR count). The number of hydrogen-bond donors (Lipinski definition) is 1. The normalized spacial score (nSPS) is 21.5. The Morgan fingerprint density at radius 2 is 1.83 bits per heavy atom. The van der Waals surface area contributed by atoms with E-state index < -0.39 is 0 Å². The van der Waals surface area contributed by atoms with Gasteiger partial charge in [0.15, 0.2) is 5.49 Å². The number of aromatic amines is 1. The molecule has 192 valence electrons. The molecule has 0 radical (unpaired) electrons. The van der Waals surface area contributed by atoms with Gasteiger partial charge in [-0.3, -0.25) is 14.9 Å². The van der Waals surface area contributed by atoms with E-state index in [-0.39, 0.29) is 0 Å². The van der Waals surface area contributed by atoms with Gasteiger partial charge in [0.2, 0.25) is 0 Å². The van der Waals surface area contributed by atoms with Crippen molar-refractivity contribution >= 4 is 17.8 Å². The number of fused-ring (bicyclic) bond motifs is 1. The van der Waals surface area contributed by atoms with Crippen LogP contribution in [0.4, 0.5) is 0 Å². The van der Waals surface area contributed by atoms with E-state index in [1.165, 1.54) is 42.5 Å². The molecule has 7 heteroatoms. The van der Waals surface area contributed by atoms with Crippen LogP contribution in [-0.2, 0) is 4.74 Å². The van der Waals surface area contributed by atoms with E-state index in [1.54, 1.807) is 11.7 Å². The Balaban J connectivity index is 1.50. The zero-order valence-corrected chi connectivity index (χ0v) is 22.6. The van der Waals surface area contributed by atoms with Crippen LogP contribution in [0.2, 0.25) is 0 Å². The topological polar surface area (TPSA) is 70.8 Å². The van der Waals surface area contributed by atoms with Crippen LogP contribution in [0.1, 0.15) is 73.8 Å². The number of H-pyrrole nitrogens is 1. The molecule has 0 spiro atoms. The Morgan fingerprint density at radius 3 is 2.42 bits per heavy atom. The maximum Gasteiger partial charge on any atom is 0.151 e. The molecule has 0 atom stereocenters. The second-order valence-corrected chi connectivity index (χ2v) is 10.9. The molecule has 4 heterocycles. The van der Waals surface area contributed by atoms with Gasteiger partial charge in [-0.1, -0.05) is 13.8 Å². The number of ether oxygens (including phenoxy) is 1. The van der Waals surface area contributed by atoms with E-state index >= 15 is 0 Å². The molecule has 0 unspecified atom stereocenters.